The molecule has 0 spiro atoms. The van der Waals surface area contributed by atoms with E-state index in [0.717, 1.165) is 24.9 Å². The molecule has 1 heterocycles. The molecule has 1 N–H and O–H groups in total. The van der Waals surface area contributed by atoms with Gasteiger partial charge in [0.25, 0.3) is 5.56 Å². The van der Waals surface area contributed by atoms with Crippen LogP contribution in [-0.4, -0.2) is 34.3 Å². The predicted octanol–water partition coefficient (Wildman–Crippen LogP) is 4.06. The summed E-state index contributed by atoms with van der Waals surface area (Å²) >= 11 is 1.21. The predicted molar refractivity (Wildman–Crippen MR) is 130 cm³/mol. The average molecular weight is 466 g/mol. The van der Waals surface area contributed by atoms with Gasteiger partial charge >= 0.3 is 5.97 Å². The molecule has 4 rings (SSSR count). The van der Waals surface area contributed by atoms with Gasteiger partial charge < -0.3 is 10.1 Å². The zero-order valence-corrected chi connectivity index (χ0v) is 19.8. The minimum atomic E-state index is -0.493. The molecule has 1 aliphatic rings. The molecule has 7 nitrogen and oxygen atoms in total. The van der Waals surface area contributed by atoms with Gasteiger partial charge in [-0.15, -0.1) is 0 Å². The second-order valence-electron chi connectivity index (χ2n) is 8.60. The largest absolute Gasteiger partial charge is 0.465 e. The maximum absolute atomic E-state index is 13.2. The van der Waals surface area contributed by atoms with Gasteiger partial charge in [0, 0.05) is 12.2 Å². The number of amides is 1. The number of anilines is 1. The first kappa shape index (κ1) is 23.0. The Morgan fingerprint density at radius 1 is 1.15 bits per heavy atom. The number of thioether (sulfide) groups is 1. The Morgan fingerprint density at radius 3 is 2.70 bits per heavy atom. The number of aromatic nitrogens is 2. The van der Waals surface area contributed by atoms with Crippen molar-refractivity contribution in [1.82, 2.24) is 9.55 Å². The van der Waals surface area contributed by atoms with Crippen LogP contribution in [0.3, 0.4) is 0 Å². The van der Waals surface area contributed by atoms with Crippen molar-refractivity contribution in [3.05, 3.63) is 63.4 Å². The highest BCUT2D eigenvalue weighted by Gasteiger charge is 2.17. The first-order valence-electron chi connectivity index (χ1n) is 11.0. The van der Waals surface area contributed by atoms with Gasteiger partial charge in [0.2, 0.25) is 5.91 Å². The van der Waals surface area contributed by atoms with E-state index in [1.54, 1.807) is 22.8 Å². The fraction of sp³-hybridized carbons (Fsp3) is 0.360. The summed E-state index contributed by atoms with van der Waals surface area (Å²) in [5, 5.41) is 3.83. The molecule has 0 fully saturated rings. The number of esters is 1. The third kappa shape index (κ3) is 5.11. The summed E-state index contributed by atoms with van der Waals surface area (Å²) in [5.41, 5.74) is 3.98. The maximum atomic E-state index is 13.2. The number of rotatable bonds is 7. The van der Waals surface area contributed by atoms with E-state index in [1.165, 1.54) is 30.0 Å². The summed E-state index contributed by atoms with van der Waals surface area (Å²) in [6.07, 6.45) is 3.29. The molecule has 1 aromatic heterocycles. The first-order chi connectivity index (χ1) is 15.9. The van der Waals surface area contributed by atoms with Gasteiger partial charge in [-0.3, -0.25) is 14.2 Å². The van der Waals surface area contributed by atoms with Gasteiger partial charge in [0.15, 0.2) is 5.16 Å². The van der Waals surface area contributed by atoms with E-state index in [2.05, 4.69) is 16.4 Å². The minimum absolute atomic E-state index is 0.115. The van der Waals surface area contributed by atoms with E-state index < -0.39 is 5.97 Å². The van der Waals surface area contributed by atoms with E-state index in [0.29, 0.717) is 28.2 Å². The molecule has 1 amide bonds. The van der Waals surface area contributed by atoms with Crippen LogP contribution in [0.15, 0.2) is 46.3 Å². The van der Waals surface area contributed by atoms with Crippen LogP contribution in [0.1, 0.15) is 41.8 Å². The van der Waals surface area contributed by atoms with Crippen LogP contribution in [0, 0.1) is 5.92 Å². The SMILES string of the molecule is COC(=O)c1ccc2c(=O)n(CC(C)C)c(SCC(=O)Nc3ccc4c(c3)CCC4)nc2c1. The molecule has 8 heteroatoms. The highest BCUT2D eigenvalue weighted by atomic mass is 32.2. The number of aryl methyl sites for hydroxylation is 2. The molecule has 0 bridgehead atoms. The van der Waals surface area contributed by atoms with Crippen LogP contribution in [0.4, 0.5) is 5.69 Å². The van der Waals surface area contributed by atoms with Crippen molar-refractivity contribution in [2.24, 2.45) is 5.92 Å². The Kier molecular flexibility index (Phi) is 6.83. The number of hydrogen-bond donors (Lipinski definition) is 1. The van der Waals surface area contributed by atoms with Gasteiger partial charge in [0.05, 0.1) is 29.3 Å². The van der Waals surface area contributed by atoms with Gasteiger partial charge in [0.1, 0.15) is 0 Å². The van der Waals surface area contributed by atoms with Gasteiger partial charge in [-0.05, 0) is 66.6 Å². The quantitative estimate of drug-likeness (QED) is 0.322. The molecular weight excluding hydrogens is 438 g/mol. The molecule has 0 radical (unpaired) electrons. The van der Waals surface area contributed by atoms with Crippen LogP contribution in [0.5, 0.6) is 0 Å². The highest BCUT2D eigenvalue weighted by molar-refractivity contribution is 7.99. The van der Waals surface area contributed by atoms with Crippen LogP contribution in [-0.2, 0) is 28.9 Å². The van der Waals surface area contributed by atoms with E-state index in [-0.39, 0.29) is 23.1 Å². The number of hydrogen-bond acceptors (Lipinski definition) is 6. The number of fused-ring (bicyclic) bond motifs is 2. The molecule has 3 aromatic rings. The van der Waals surface area contributed by atoms with E-state index in [9.17, 15) is 14.4 Å². The topological polar surface area (TPSA) is 90.3 Å². The van der Waals surface area contributed by atoms with Crippen LogP contribution < -0.4 is 10.9 Å². The van der Waals surface area contributed by atoms with Crippen LogP contribution in [0.25, 0.3) is 10.9 Å². The zero-order valence-electron chi connectivity index (χ0n) is 19.0. The lowest BCUT2D eigenvalue weighted by Crippen LogP contribution is -2.26. The van der Waals surface area contributed by atoms with Crippen LogP contribution >= 0.6 is 11.8 Å². The van der Waals surface area contributed by atoms with Crippen molar-refractivity contribution in [2.45, 2.75) is 44.8 Å². The normalized spacial score (nSPS) is 12.7. The summed E-state index contributed by atoms with van der Waals surface area (Å²) in [6, 6.07) is 10.8. The number of methoxy groups -OCH3 is 1. The Labute approximate surface area is 196 Å². The Morgan fingerprint density at radius 2 is 1.94 bits per heavy atom. The van der Waals surface area contributed by atoms with Gasteiger partial charge in [-0.2, -0.15) is 0 Å². The number of carbonyl (C=O) groups excluding carboxylic acids is 2. The highest BCUT2D eigenvalue weighted by Crippen LogP contribution is 2.25. The average Bonchev–Trinajstić information content (AvgIpc) is 3.26. The number of ether oxygens (including phenoxy) is 1. The molecule has 0 saturated heterocycles. The summed E-state index contributed by atoms with van der Waals surface area (Å²) in [6.45, 7) is 4.52. The first-order valence-corrected chi connectivity index (χ1v) is 12.0. The zero-order chi connectivity index (χ0) is 23.5. The molecule has 172 valence electrons. The summed E-state index contributed by atoms with van der Waals surface area (Å²) < 4.78 is 6.39. The number of nitrogens with one attached hydrogen (secondary N) is 1. The van der Waals surface area contributed by atoms with E-state index in [1.807, 2.05) is 26.0 Å². The van der Waals surface area contributed by atoms with Crippen molar-refractivity contribution in [1.29, 1.82) is 0 Å². The standard InChI is InChI=1S/C25H27N3O4S/c1-15(2)13-28-23(30)20-10-8-18(24(31)32-3)12-21(20)27-25(28)33-14-22(29)26-19-9-7-16-5-4-6-17(16)11-19/h7-12,15H,4-6,13-14H2,1-3H3,(H,26,29). The van der Waals surface area contributed by atoms with Crippen molar-refractivity contribution in [3.8, 4) is 0 Å². The number of nitrogens with zero attached hydrogens (tertiary/aromatic N) is 2. The summed E-state index contributed by atoms with van der Waals surface area (Å²) in [5.74, 6) is -0.320. The minimum Gasteiger partial charge on any atom is -0.465 e. The number of benzene rings is 2. The molecule has 0 atom stereocenters. The lowest BCUT2D eigenvalue weighted by Gasteiger charge is -2.15. The molecule has 0 saturated carbocycles. The lowest BCUT2D eigenvalue weighted by molar-refractivity contribution is -0.113. The van der Waals surface area contributed by atoms with Crippen molar-refractivity contribution in [2.75, 3.05) is 18.2 Å². The Bertz CT molecular complexity index is 1280. The molecule has 2 aromatic carbocycles. The maximum Gasteiger partial charge on any atom is 0.337 e. The second kappa shape index (κ2) is 9.79. The fourth-order valence-electron chi connectivity index (χ4n) is 4.06. The van der Waals surface area contributed by atoms with E-state index in [4.69, 9.17) is 4.74 Å². The molecule has 33 heavy (non-hydrogen) atoms. The van der Waals surface area contributed by atoms with Crippen molar-refractivity contribution >= 4 is 40.2 Å². The van der Waals surface area contributed by atoms with E-state index >= 15 is 0 Å². The molecular formula is C25H27N3O4S. The van der Waals surface area contributed by atoms with Crippen molar-refractivity contribution in [3.63, 3.8) is 0 Å². The third-order valence-corrected chi connectivity index (χ3v) is 6.58. The van der Waals surface area contributed by atoms with Crippen molar-refractivity contribution < 1.29 is 14.3 Å². The van der Waals surface area contributed by atoms with Crippen LogP contribution in [0.2, 0.25) is 0 Å². The molecule has 0 aliphatic heterocycles. The smallest absolute Gasteiger partial charge is 0.337 e. The lowest BCUT2D eigenvalue weighted by atomic mass is 10.1. The second-order valence-corrected chi connectivity index (χ2v) is 9.54. The monoisotopic (exact) mass is 465 g/mol. The summed E-state index contributed by atoms with van der Waals surface area (Å²) in [7, 11) is 1.31. The third-order valence-electron chi connectivity index (χ3n) is 5.60. The van der Waals surface area contributed by atoms with Gasteiger partial charge in [-0.1, -0.05) is 31.7 Å². The molecule has 1 aliphatic carbocycles. The number of carbonyl (C=O) groups is 2. The Hall–Kier alpha value is -3.13. The Balaban J connectivity index is 1.58. The van der Waals surface area contributed by atoms with Gasteiger partial charge in [-0.25, -0.2) is 9.78 Å². The summed E-state index contributed by atoms with van der Waals surface area (Å²) in [4.78, 5) is 42.4. The molecule has 0 unspecified atom stereocenters. The fourth-order valence-corrected chi connectivity index (χ4v) is 4.87.